The lowest BCUT2D eigenvalue weighted by molar-refractivity contribution is 0.0935. The SMILES string of the molecule is C[C@@H](NC(=O)c1csc(-c2ncn[nH]2)n1)c1ccc(F)c(F)c1. The lowest BCUT2D eigenvalue weighted by Crippen LogP contribution is -2.27. The highest BCUT2D eigenvalue weighted by molar-refractivity contribution is 7.13. The highest BCUT2D eigenvalue weighted by Gasteiger charge is 2.17. The molecule has 0 fully saturated rings. The number of aromatic amines is 1. The van der Waals surface area contributed by atoms with Crippen molar-refractivity contribution in [3.8, 4) is 10.8 Å². The first kappa shape index (κ1) is 15.2. The van der Waals surface area contributed by atoms with Crippen molar-refractivity contribution in [1.82, 2.24) is 25.5 Å². The number of hydrogen-bond donors (Lipinski definition) is 2. The van der Waals surface area contributed by atoms with Gasteiger partial charge in [0.25, 0.3) is 5.91 Å². The number of carbonyl (C=O) groups is 1. The Bertz CT molecular complexity index is 834. The molecule has 0 saturated heterocycles. The largest absolute Gasteiger partial charge is 0.344 e. The van der Waals surface area contributed by atoms with Crippen molar-refractivity contribution in [3.63, 3.8) is 0 Å². The van der Waals surface area contributed by atoms with E-state index in [1.165, 1.54) is 23.7 Å². The Morgan fingerprint density at radius 1 is 1.35 bits per heavy atom. The summed E-state index contributed by atoms with van der Waals surface area (Å²) in [5.41, 5.74) is 0.679. The Hall–Kier alpha value is -2.68. The number of nitrogens with one attached hydrogen (secondary N) is 2. The Labute approximate surface area is 133 Å². The zero-order chi connectivity index (χ0) is 16.4. The minimum absolute atomic E-state index is 0.218. The number of aromatic nitrogens is 4. The number of benzene rings is 1. The maximum Gasteiger partial charge on any atom is 0.271 e. The van der Waals surface area contributed by atoms with Gasteiger partial charge in [0.1, 0.15) is 12.0 Å². The predicted molar refractivity (Wildman–Crippen MR) is 79.7 cm³/mol. The van der Waals surface area contributed by atoms with E-state index in [1.807, 2.05) is 0 Å². The topological polar surface area (TPSA) is 83.6 Å². The average Bonchev–Trinajstić information content (AvgIpc) is 3.20. The number of amides is 1. The van der Waals surface area contributed by atoms with E-state index in [2.05, 4.69) is 25.5 Å². The number of H-pyrrole nitrogens is 1. The van der Waals surface area contributed by atoms with Crippen molar-refractivity contribution < 1.29 is 13.6 Å². The van der Waals surface area contributed by atoms with E-state index in [0.29, 0.717) is 16.4 Å². The molecule has 0 saturated carbocycles. The van der Waals surface area contributed by atoms with Gasteiger partial charge in [-0.25, -0.2) is 18.7 Å². The first-order valence-corrected chi connectivity index (χ1v) is 7.49. The molecular formula is C14H11F2N5OS. The second kappa shape index (κ2) is 6.21. The van der Waals surface area contributed by atoms with Crippen molar-refractivity contribution in [2.75, 3.05) is 0 Å². The molecule has 0 aliphatic heterocycles. The molecule has 23 heavy (non-hydrogen) atoms. The number of nitrogens with zero attached hydrogens (tertiary/aromatic N) is 3. The number of hydrogen-bond acceptors (Lipinski definition) is 5. The minimum atomic E-state index is -0.954. The van der Waals surface area contributed by atoms with Gasteiger partial charge in [-0.3, -0.25) is 9.89 Å². The van der Waals surface area contributed by atoms with Crippen molar-refractivity contribution in [1.29, 1.82) is 0 Å². The molecular weight excluding hydrogens is 324 g/mol. The third kappa shape index (κ3) is 3.24. The minimum Gasteiger partial charge on any atom is -0.344 e. The summed E-state index contributed by atoms with van der Waals surface area (Å²) in [7, 11) is 0. The summed E-state index contributed by atoms with van der Waals surface area (Å²) in [4.78, 5) is 20.3. The van der Waals surface area contributed by atoms with E-state index < -0.39 is 23.6 Å². The van der Waals surface area contributed by atoms with Crippen molar-refractivity contribution in [2.24, 2.45) is 0 Å². The molecule has 1 atom stereocenters. The normalized spacial score (nSPS) is 12.1. The maximum atomic E-state index is 13.2. The summed E-state index contributed by atoms with van der Waals surface area (Å²) in [5.74, 6) is -1.82. The van der Waals surface area contributed by atoms with Gasteiger partial charge in [0, 0.05) is 5.38 Å². The van der Waals surface area contributed by atoms with Crippen LogP contribution < -0.4 is 5.32 Å². The smallest absolute Gasteiger partial charge is 0.271 e. The first-order chi connectivity index (χ1) is 11.0. The van der Waals surface area contributed by atoms with Crippen LogP contribution in [0.2, 0.25) is 0 Å². The fraction of sp³-hybridized carbons (Fsp3) is 0.143. The molecule has 2 aromatic heterocycles. The number of carbonyl (C=O) groups excluding carboxylic acids is 1. The van der Waals surface area contributed by atoms with Crippen LogP contribution in [-0.4, -0.2) is 26.1 Å². The lowest BCUT2D eigenvalue weighted by Gasteiger charge is -2.13. The Kier molecular flexibility index (Phi) is 4.11. The van der Waals surface area contributed by atoms with Gasteiger partial charge in [-0.2, -0.15) is 5.10 Å². The molecule has 0 bridgehead atoms. The van der Waals surface area contributed by atoms with Crippen LogP contribution >= 0.6 is 11.3 Å². The van der Waals surface area contributed by atoms with Crippen molar-refractivity contribution in [3.05, 3.63) is 52.8 Å². The monoisotopic (exact) mass is 335 g/mol. The van der Waals surface area contributed by atoms with Gasteiger partial charge < -0.3 is 5.32 Å². The van der Waals surface area contributed by atoms with Crippen LogP contribution in [0.5, 0.6) is 0 Å². The van der Waals surface area contributed by atoms with E-state index in [0.717, 1.165) is 12.1 Å². The molecule has 1 aromatic carbocycles. The molecule has 0 aliphatic rings. The zero-order valence-electron chi connectivity index (χ0n) is 11.9. The van der Waals surface area contributed by atoms with Gasteiger partial charge in [0.15, 0.2) is 22.5 Å². The summed E-state index contributed by atoms with van der Waals surface area (Å²) in [6.07, 6.45) is 1.35. The van der Waals surface area contributed by atoms with Crippen LogP contribution in [0, 0.1) is 11.6 Å². The van der Waals surface area contributed by atoms with Gasteiger partial charge in [-0.1, -0.05) is 6.07 Å². The second-order valence-electron chi connectivity index (χ2n) is 4.74. The van der Waals surface area contributed by atoms with Gasteiger partial charge in [-0.05, 0) is 24.6 Å². The molecule has 0 aliphatic carbocycles. The third-order valence-electron chi connectivity index (χ3n) is 3.15. The van der Waals surface area contributed by atoms with E-state index >= 15 is 0 Å². The standard InChI is InChI=1S/C14H11F2N5OS/c1-7(8-2-3-9(15)10(16)4-8)19-13(22)11-5-23-14(20-11)12-17-6-18-21-12/h2-7H,1H3,(H,19,22)(H,17,18,21)/t7-/m1/s1. The Morgan fingerprint density at radius 3 is 2.87 bits per heavy atom. The summed E-state index contributed by atoms with van der Waals surface area (Å²) in [5, 5.41) is 11.2. The molecule has 2 N–H and O–H groups in total. The third-order valence-corrected chi connectivity index (χ3v) is 3.99. The zero-order valence-corrected chi connectivity index (χ0v) is 12.7. The van der Waals surface area contributed by atoms with Crippen molar-refractivity contribution in [2.45, 2.75) is 13.0 Å². The van der Waals surface area contributed by atoms with Crippen molar-refractivity contribution >= 4 is 17.2 Å². The first-order valence-electron chi connectivity index (χ1n) is 6.61. The van der Waals surface area contributed by atoms with Crippen LogP contribution in [0.4, 0.5) is 8.78 Å². The molecule has 118 valence electrons. The molecule has 6 nitrogen and oxygen atoms in total. The molecule has 2 heterocycles. The second-order valence-corrected chi connectivity index (χ2v) is 5.60. The van der Waals surface area contributed by atoms with Crippen LogP contribution in [0.25, 0.3) is 10.8 Å². The molecule has 3 aromatic rings. The van der Waals surface area contributed by atoms with E-state index in [9.17, 15) is 13.6 Å². The maximum absolute atomic E-state index is 13.2. The van der Waals surface area contributed by atoms with Gasteiger partial charge >= 0.3 is 0 Å². The predicted octanol–water partition coefficient (Wildman–Crippen LogP) is 2.70. The van der Waals surface area contributed by atoms with E-state index in [1.54, 1.807) is 12.3 Å². The van der Waals surface area contributed by atoms with Crippen LogP contribution in [0.1, 0.15) is 29.0 Å². The van der Waals surface area contributed by atoms with E-state index in [4.69, 9.17) is 0 Å². The van der Waals surface area contributed by atoms with Gasteiger partial charge in [0.05, 0.1) is 6.04 Å². The molecule has 9 heteroatoms. The Balaban J connectivity index is 1.72. The number of thiazole rings is 1. The number of rotatable bonds is 4. The van der Waals surface area contributed by atoms with Crippen LogP contribution in [0.3, 0.4) is 0 Å². The Morgan fingerprint density at radius 2 is 2.17 bits per heavy atom. The molecule has 3 rings (SSSR count). The van der Waals surface area contributed by atoms with Gasteiger partial charge in [-0.15, -0.1) is 11.3 Å². The lowest BCUT2D eigenvalue weighted by atomic mass is 10.1. The highest BCUT2D eigenvalue weighted by atomic mass is 32.1. The molecule has 0 spiro atoms. The molecule has 0 unspecified atom stereocenters. The van der Waals surface area contributed by atoms with E-state index in [-0.39, 0.29) is 5.69 Å². The fourth-order valence-electron chi connectivity index (χ4n) is 1.93. The number of halogens is 2. The van der Waals surface area contributed by atoms with Crippen LogP contribution in [-0.2, 0) is 0 Å². The fourth-order valence-corrected chi connectivity index (χ4v) is 2.67. The summed E-state index contributed by atoms with van der Waals surface area (Å²) in [6.45, 7) is 1.67. The summed E-state index contributed by atoms with van der Waals surface area (Å²) in [6, 6.07) is 3.01. The van der Waals surface area contributed by atoms with Crippen LogP contribution in [0.15, 0.2) is 29.9 Å². The average molecular weight is 335 g/mol. The quantitative estimate of drug-likeness (QED) is 0.768. The summed E-state index contributed by atoms with van der Waals surface area (Å²) >= 11 is 1.25. The highest BCUT2D eigenvalue weighted by Crippen LogP contribution is 2.21. The molecule has 1 amide bonds. The summed E-state index contributed by atoms with van der Waals surface area (Å²) < 4.78 is 26.2. The van der Waals surface area contributed by atoms with Gasteiger partial charge in [0.2, 0.25) is 0 Å². The molecule has 0 radical (unpaired) electrons.